The molecule has 4 N–H and O–H groups in total. The van der Waals surface area contributed by atoms with Crippen LogP contribution in [0.4, 0.5) is 18.9 Å². The van der Waals surface area contributed by atoms with Crippen molar-refractivity contribution in [2.45, 2.75) is 18.3 Å². The van der Waals surface area contributed by atoms with Crippen LogP contribution in [0.15, 0.2) is 48.9 Å². The predicted molar refractivity (Wildman–Crippen MR) is 108 cm³/mol. The number of carbonyl (C=O) groups is 1. The van der Waals surface area contributed by atoms with Crippen molar-refractivity contribution < 1.29 is 27.8 Å². The fraction of sp³-hybridized carbons (Fsp3) is 0.238. The number of nitrogens with one attached hydrogen (secondary N) is 1. The summed E-state index contributed by atoms with van der Waals surface area (Å²) in [5.74, 6) is -0.578. The van der Waals surface area contributed by atoms with E-state index in [2.05, 4.69) is 20.3 Å². The molecule has 0 radical (unpaired) electrons. The van der Waals surface area contributed by atoms with Crippen LogP contribution < -0.4 is 11.1 Å². The summed E-state index contributed by atoms with van der Waals surface area (Å²) in [6.45, 7) is 0.239. The number of nitrogens with zero attached hydrogens (tertiary/aromatic N) is 3. The number of pyridine rings is 3. The molecule has 0 aliphatic carbocycles. The summed E-state index contributed by atoms with van der Waals surface area (Å²) >= 11 is 0. The molecule has 3 aromatic rings. The van der Waals surface area contributed by atoms with Crippen molar-refractivity contribution in [2.24, 2.45) is 0 Å². The number of aromatic nitrogens is 3. The molecule has 1 aliphatic heterocycles. The third kappa shape index (κ3) is 4.39. The molecule has 3 aromatic heterocycles. The molecular weight excluding hydrogens is 427 g/mol. The molecular formula is C21H18F3N5O3. The van der Waals surface area contributed by atoms with E-state index in [0.29, 0.717) is 5.56 Å². The third-order valence-electron chi connectivity index (χ3n) is 4.95. The average Bonchev–Trinajstić information content (AvgIpc) is 3.18. The second-order valence-corrected chi connectivity index (χ2v) is 7.17. The van der Waals surface area contributed by atoms with Crippen molar-refractivity contribution in [3.8, 4) is 22.5 Å². The minimum absolute atomic E-state index is 0.0489. The molecule has 4 rings (SSSR count). The maximum atomic E-state index is 13.0. The lowest BCUT2D eigenvalue weighted by Crippen LogP contribution is -2.42. The van der Waals surface area contributed by atoms with Gasteiger partial charge in [-0.25, -0.2) is 4.98 Å². The van der Waals surface area contributed by atoms with Crippen molar-refractivity contribution in [3.05, 3.63) is 60.2 Å². The predicted octanol–water partition coefficient (Wildman–Crippen LogP) is 2.30. The van der Waals surface area contributed by atoms with Crippen molar-refractivity contribution in [1.82, 2.24) is 20.3 Å². The number of hydrogen-bond donors (Lipinski definition) is 3. The van der Waals surface area contributed by atoms with E-state index in [1.54, 1.807) is 18.3 Å². The number of nitrogens with two attached hydrogens (primary N) is 1. The monoisotopic (exact) mass is 445 g/mol. The summed E-state index contributed by atoms with van der Waals surface area (Å²) in [4.78, 5) is 24.9. The zero-order valence-electron chi connectivity index (χ0n) is 16.5. The number of hydrogen-bond acceptors (Lipinski definition) is 7. The first-order valence-corrected chi connectivity index (χ1v) is 9.55. The molecule has 1 fully saturated rings. The lowest BCUT2D eigenvalue weighted by Gasteiger charge is -2.17. The van der Waals surface area contributed by atoms with Gasteiger partial charge < -0.3 is 20.9 Å². The lowest BCUT2D eigenvalue weighted by molar-refractivity contribution is -0.141. The standard InChI is InChI=1S/C21H18F3N5O3/c22-21(23,24)17-4-3-11(8-27-17)14-6-13(20(31)29-15-9-32-10-16(15)30)18(25)19(28-14)12-2-1-5-26-7-12/h1-8,15-16,30H,9-10,25H2,(H,29,31)/t15-,16+/m1/s1. The first-order chi connectivity index (χ1) is 15.2. The van der Waals surface area contributed by atoms with E-state index in [-0.39, 0.29) is 41.4 Å². The van der Waals surface area contributed by atoms with Gasteiger partial charge in [0.2, 0.25) is 0 Å². The van der Waals surface area contributed by atoms with E-state index < -0.39 is 29.9 Å². The molecule has 4 heterocycles. The van der Waals surface area contributed by atoms with Gasteiger partial charge in [0.15, 0.2) is 0 Å². The normalized spacial score (nSPS) is 18.5. The van der Waals surface area contributed by atoms with Crippen LogP contribution in [0.3, 0.4) is 0 Å². The zero-order chi connectivity index (χ0) is 22.9. The molecule has 0 aromatic carbocycles. The highest BCUT2D eigenvalue weighted by Gasteiger charge is 2.32. The highest BCUT2D eigenvalue weighted by molar-refractivity contribution is 6.03. The molecule has 8 nitrogen and oxygen atoms in total. The minimum Gasteiger partial charge on any atom is -0.396 e. The number of aliphatic hydroxyl groups is 1. The fourth-order valence-electron chi connectivity index (χ4n) is 3.25. The molecule has 32 heavy (non-hydrogen) atoms. The fourth-order valence-corrected chi connectivity index (χ4v) is 3.25. The first-order valence-electron chi connectivity index (χ1n) is 9.55. The second-order valence-electron chi connectivity index (χ2n) is 7.17. The van der Waals surface area contributed by atoms with Crippen LogP contribution in [0.25, 0.3) is 22.5 Å². The molecule has 0 spiro atoms. The van der Waals surface area contributed by atoms with E-state index in [1.165, 1.54) is 18.3 Å². The largest absolute Gasteiger partial charge is 0.433 e. The van der Waals surface area contributed by atoms with Crippen molar-refractivity contribution in [1.29, 1.82) is 0 Å². The highest BCUT2D eigenvalue weighted by Crippen LogP contribution is 2.32. The van der Waals surface area contributed by atoms with Gasteiger partial charge in [-0.1, -0.05) is 0 Å². The number of anilines is 1. The Morgan fingerprint density at radius 3 is 2.59 bits per heavy atom. The molecule has 1 aliphatic rings. The van der Waals surface area contributed by atoms with Crippen LogP contribution in [0.2, 0.25) is 0 Å². The van der Waals surface area contributed by atoms with Gasteiger partial charge in [-0.05, 0) is 30.3 Å². The Morgan fingerprint density at radius 1 is 1.19 bits per heavy atom. The van der Waals surface area contributed by atoms with E-state index in [0.717, 1.165) is 12.3 Å². The lowest BCUT2D eigenvalue weighted by atomic mass is 10.0. The SMILES string of the molecule is Nc1c(C(=O)N[C@@H]2COC[C@@H]2O)cc(-c2ccc(C(F)(F)F)nc2)nc1-c1cccnc1. The maximum absolute atomic E-state index is 13.0. The zero-order valence-corrected chi connectivity index (χ0v) is 16.5. The Hall–Kier alpha value is -3.57. The summed E-state index contributed by atoms with van der Waals surface area (Å²) < 4.78 is 43.8. The Morgan fingerprint density at radius 2 is 2.00 bits per heavy atom. The summed E-state index contributed by atoms with van der Waals surface area (Å²) in [6.07, 6.45) is -1.35. The van der Waals surface area contributed by atoms with Crippen molar-refractivity contribution in [3.63, 3.8) is 0 Å². The van der Waals surface area contributed by atoms with Gasteiger partial charge in [0.05, 0.1) is 48.0 Å². The van der Waals surface area contributed by atoms with E-state index in [1.807, 2.05) is 0 Å². The molecule has 11 heteroatoms. The van der Waals surface area contributed by atoms with E-state index in [4.69, 9.17) is 10.5 Å². The topological polar surface area (TPSA) is 123 Å². The van der Waals surface area contributed by atoms with Crippen LogP contribution in [0.1, 0.15) is 16.1 Å². The van der Waals surface area contributed by atoms with Gasteiger partial charge >= 0.3 is 6.18 Å². The number of halogens is 3. The Balaban J connectivity index is 1.78. The number of aliphatic hydroxyl groups excluding tert-OH is 1. The summed E-state index contributed by atoms with van der Waals surface area (Å²) in [7, 11) is 0. The van der Waals surface area contributed by atoms with Gasteiger partial charge in [-0.3, -0.25) is 14.8 Å². The van der Waals surface area contributed by atoms with Gasteiger partial charge in [-0.2, -0.15) is 13.2 Å². The van der Waals surface area contributed by atoms with Gasteiger partial charge in [0.25, 0.3) is 5.91 Å². The number of nitrogen functional groups attached to an aromatic ring is 1. The van der Waals surface area contributed by atoms with Crippen LogP contribution in [-0.4, -0.2) is 51.3 Å². The second kappa shape index (κ2) is 8.52. The highest BCUT2D eigenvalue weighted by atomic mass is 19.4. The van der Waals surface area contributed by atoms with Gasteiger partial charge in [-0.15, -0.1) is 0 Å². The molecule has 166 valence electrons. The van der Waals surface area contributed by atoms with Crippen molar-refractivity contribution in [2.75, 3.05) is 18.9 Å². The number of amides is 1. The summed E-state index contributed by atoms with van der Waals surface area (Å²) in [6, 6.07) is 6.16. The van der Waals surface area contributed by atoms with Crippen LogP contribution >= 0.6 is 0 Å². The Bertz CT molecular complexity index is 1120. The summed E-state index contributed by atoms with van der Waals surface area (Å²) in [5, 5.41) is 12.6. The average molecular weight is 445 g/mol. The quantitative estimate of drug-likeness (QED) is 0.563. The van der Waals surface area contributed by atoms with Gasteiger partial charge in [0.1, 0.15) is 5.69 Å². The molecule has 0 bridgehead atoms. The molecule has 2 atom stereocenters. The smallest absolute Gasteiger partial charge is 0.396 e. The van der Waals surface area contributed by atoms with Crippen LogP contribution in [-0.2, 0) is 10.9 Å². The van der Waals surface area contributed by atoms with Crippen LogP contribution in [0, 0.1) is 0 Å². The minimum atomic E-state index is -4.58. The maximum Gasteiger partial charge on any atom is 0.433 e. The Labute approximate surface area is 180 Å². The molecule has 1 saturated heterocycles. The first kappa shape index (κ1) is 21.7. The third-order valence-corrected chi connectivity index (χ3v) is 4.95. The van der Waals surface area contributed by atoms with Crippen LogP contribution in [0.5, 0.6) is 0 Å². The molecule has 1 amide bonds. The number of carbonyl (C=O) groups excluding carboxylic acids is 1. The van der Waals surface area contributed by atoms with Crippen molar-refractivity contribution >= 4 is 11.6 Å². The molecule has 0 unspecified atom stereocenters. The van der Waals surface area contributed by atoms with E-state index in [9.17, 15) is 23.1 Å². The Kier molecular flexibility index (Phi) is 5.76. The number of ether oxygens (including phenoxy) is 1. The summed E-state index contributed by atoms with van der Waals surface area (Å²) in [5.41, 5.74) is 6.54. The molecule has 0 saturated carbocycles. The number of rotatable bonds is 4. The van der Waals surface area contributed by atoms with E-state index >= 15 is 0 Å². The number of alkyl halides is 3. The van der Waals surface area contributed by atoms with Gasteiger partial charge in [0, 0.05) is 29.7 Å².